The summed E-state index contributed by atoms with van der Waals surface area (Å²) in [5.74, 6) is -2.02. The van der Waals surface area contributed by atoms with E-state index < -0.39 is 24.3 Å². The van der Waals surface area contributed by atoms with Gasteiger partial charge in [-0.1, -0.05) is 246 Å². The fraction of sp³-hybridized carbons (Fsp3) is 0.721. The van der Waals surface area contributed by atoms with Crippen LogP contribution in [0.3, 0.4) is 0 Å². The number of carbonyl (C=O) groups is 3. The predicted octanol–water partition coefficient (Wildman–Crippen LogP) is 18.9. The van der Waals surface area contributed by atoms with Crippen LogP contribution in [-0.4, -0.2) is 87.4 Å². The zero-order valence-electron chi connectivity index (χ0n) is 50.3. The Morgan fingerprint density at radius 3 is 1.12 bits per heavy atom. The summed E-state index contributed by atoms with van der Waals surface area (Å²) in [5.41, 5.74) is 0. The Morgan fingerprint density at radius 1 is 0.403 bits per heavy atom. The first-order chi connectivity index (χ1) is 37.6. The number of carboxylic acids is 1. The Kier molecular flexibility index (Phi) is 55.5. The molecule has 1 N–H and O–H groups in total. The van der Waals surface area contributed by atoms with Crippen molar-refractivity contribution in [2.45, 2.75) is 270 Å². The summed E-state index contributed by atoms with van der Waals surface area (Å²) < 4.78 is 22.9. The Morgan fingerprint density at radius 2 is 0.740 bits per heavy atom. The van der Waals surface area contributed by atoms with Crippen LogP contribution in [0.1, 0.15) is 258 Å². The molecule has 0 fully saturated rings. The molecule has 0 amide bonds. The van der Waals surface area contributed by atoms with Crippen LogP contribution in [0.25, 0.3) is 0 Å². The van der Waals surface area contributed by atoms with E-state index >= 15 is 0 Å². The predicted molar refractivity (Wildman–Crippen MR) is 327 cm³/mol. The number of allylic oxidation sites excluding steroid dienone is 16. The number of ether oxygens (including phenoxy) is 4. The van der Waals surface area contributed by atoms with E-state index in [-0.39, 0.29) is 32.2 Å². The second-order valence-electron chi connectivity index (χ2n) is 22.0. The second kappa shape index (κ2) is 58.4. The first-order valence-electron chi connectivity index (χ1n) is 31.4. The van der Waals surface area contributed by atoms with Gasteiger partial charge in [-0.25, -0.2) is 4.79 Å². The van der Waals surface area contributed by atoms with Gasteiger partial charge >= 0.3 is 17.9 Å². The number of carboxylic acid groups (broad SMARTS) is 1. The van der Waals surface area contributed by atoms with Crippen LogP contribution < -0.4 is 0 Å². The zero-order chi connectivity index (χ0) is 56.2. The first kappa shape index (κ1) is 73.2. The summed E-state index contributed by atoms with van der Waals surface area (Å²) in [7, 11) is 5.96. The molecule has 0 aromatic heterocycles. The minimum absolute atomic E-state index is 0.181. The molecule has 0 aromatic carbocycles. The highest BCUT2D eigenvalue weighted by atomic mass is 16.7. The van der Waals surface area contributed by atoms with E-state index in [2.05, 4.69) is 111 Å². The third kappa shape index (κ3) is 59.7. The summed E-state index contributed by atoms with van der Waals surface area (Å²) in [6.07, 6.45) is 76.3. The molecule has 0 saturated carbocycles. The lowest BCUT2D eigenvalue weighted by molar-refractivity contribution is -0.870. The summed E-state index contributed by atoms with van der Waals surface area (Å²) >= 11 is 0. The average molecular weight is 1080 g/mol. The molecule has 0 saturated heterocycles. The van der Waals surface area contributed by atoms with Crippen molar-refractivity contribution in [2.75, 3.05) is 47.5 Å². The third-order valence-corrected chi connectivity index (χ3v) is 13.3. The molecule has 0 radical (unpaired) electrons. The van der Waals surface area contributed by atoms with Gasteiger partial charge in [0.2, 0.25) is 0 Å². The van der Waals surface area contributed by atoms with Gasteiger partial charge in [0.05, 0.1) is 34.4 Å². The van der Waals surface area contributed by atoms with E-state index in [9.17, 15) is 19.5 Å². The van der Waals surface area contributed by atoms with E-state index in [1.54, 1.807) is 0 Å². The molecule has 0 aliphatic rings. The van der Waals surface area contributed by atoms with Gasteiger partial charge in [0.1, 0.15) is 13.2 Å². The van der Waals surface area contributed by atoms with Gasteiger partial charge in [-0.2, -0.15) is 0 Å². The Hall–Kier alpha value is -3.79. The SMILES string of the molecule is CC/C=C\C/C=C\C/C=C\C/C=C\C/C=C\C/C=C\C/C=C\CCCCCCCCCC(=O)OC(COC(=O)CCCCCCCCCCCCC/C=C\CCCCCCCCCC)COC(OCC[N+](C)(C)C)C(=O)O. The Labute approximate surface area is 473 Å². The van der Waals surface area contributed by atoms with Crippen molar-refractivity contribution in [3.63, 3.8) is 0 Å². The molecular weight excluding hydrogens is 959 g/mol. The van der Waals surface area contributed by atoms with Gasteiger partial charge in [0, 0.05) is 12.8 Å². The summed E-state index contributed by atoms with van der Waals surface area (Å²) in [6, 6.07) is 0. The van der Waals surface area contributed by atoms with Crippen LogP contribution in [0, 0.1) is 0 Å². The quantitative estimate of drug-likeness (QED) is 0.0211. The summed E-state index contributed by atoms with van der Waals surface area (Å²) in [6.45, 7) is 4.76. The van der Waals surface area contributed by atoms with Gasteiger partial charge in [0.15, 0.2) is 6.10 Å². The monoisotopic (exact) mass is 1080 g/mol. The van der Waals surface area contributed by atoms with E-state index in [0.29, 0.717) is 23.9 Å². The number of hydrogen-bond acceptors (Lipinski definition) is 7. The lowest BCUT2D eigenvalue weighted by atomic mass is 10.0. The normalized spacial score (nSPS) is 13.4. The van der Waals surface area contributed by atoms with Crippen molar-refractivity contribution in [1.29, 1.82) is 0 Å². The summed E-state index contributed by atoms with van der Waals surface area (Å²) in [4.78, 5) is 37.5. The van der Waals surface area contributed by atoms with Gasteiger partial charge in [-0.3, -0.25) is 9.59 Å². The fourth-order valence-corrected chi connectivity index (χ4v) is 8.52. The minimum atomic E-state index is -1.52. The van der Waals surface area contributed by atoms with Crippen molar-refractivity contribution < 1.29 is 42.9 Å². The number of carbonyl (C=O) groups excluding carboxylic acids is 2. The van der Waals surface area contributed by atoms with Gasteiger partial charge in [-0.15, -0.1) is 0 Å². The molecule has 442 valence electrons. The summed E-state index contributed by atoms with van der Waals surface area (Å²) in [5, 5.41) is 9.72. The first-order valence-corrected chi connectivity index (χ1v) is 31.4. The van der Waals surface area contributed by atoms with Crippen LogP contribution in [0.2, 0.25) is 0 Å². The molecule has 2 atom stereocenters. The van der Waals surface area contributed by atoms with Crippen molar-refractivity contribution in [3.8, 4) is 0 Å². The van der Waals surface area contributed by atoms with Crippen molar-refractivity contribution in [2.24, 2.45) is 0 Å². The minimum Gasteiger partial charge on any atom is -0.477 e. The number of nitrogens with zero attached hydrogens (tertiary/aromatic N) is 1. The molecular formula is C68H118NO8+. The molecule has 77 heavy (non-hydrogen) atoms. The molecule has 0 bridgehead atoms. The average Bonchev–Trinajstić information content (AvgIpc) is 3.40. The highest BCUT2D eigenvalue weighted by Crippen LogP contribution is 2.16. The number of rotatable bonds is 57. The molecule has 0 spiro atoms. The maximum atomic E-state index is 12.9. The number of likely N-dealkylation sites (N-methyl/N-ethyl adjacent to an activating group) is 1. The van der Waals surface area contributed by atoms with Crippen LogP contribution in [-0.2, 0) is 33.3 Å². The second-order valence-corrected chi connectivity index (χ2v) is 22.0. The van der Waals surface area contributed by atoms with Crippen molar-refractivity contribution >= 4 is 17.9 Å². The number of unbranched alkanes of at least 4 members (excludes halogenated alkanes) is 26. The van der Waals surface area contributed by atoms with E-state index in [1.807, 2.05) is 21.1 Å². The van der Waals surface area contributed by atoms with Crippen molar-refractivity contribution in [3.05, 3.63) is 97.2 Å². The molecule has 9 heteroatoms. The Bertz CT molecular complexity index is 1580. The Balaban J connectivity index is 4.25. The molecule has 0 heterocycles. The zero-order valence-corrected chi connectivity index (χ0v) is 50.3. The number of hydrogen-bond donors (Lipinski definition) is 1. The molecule has 0 aliphatic carbocycles. The van der Waals surface area contributed by atoms with Crippen LogP contribution >= 0.6 is 0 Å². The van der Waals surface area contributed by atoms with Crippen LogP contribution in [0.15, 0.2) is 97.2 Å². The highest BCUT2D eigenvalue weighted by molar-refractivity contribution is 5.71. The largest absolute Gasteiger partial charge is 0.477 e. The molecule has 0 aromatic rings. The molecule has 2 unspecified atom stereocenters. The van der Waals surface area contributed by atoms with Crippen molar-refractivity contribution in [1.82, 2.24) is 0 Å². The standard InChI is InChI=1S/C68H117NO8/c1-6-8-10-12-14-16-18-20-22-24-26-28-30-31-32-33-34-35-37-39-41-43-45-47-49-51-53-55-57-59-66(71)77-64(63-76-68(67(72)73)74-61-60-69(3,4)5)62-75-65(70)58-56-54-52-50-48-46-44-42-40-38-36-29-27-25-23-21-19-17-15-13-11-9-7-2/h8,10,14,16,20,22,25-28,31-32,34-35,39,41,64,68H,6-7,9,11-13,15,17-19,21,23-24,29-30,33,36-38,40,42-63H2,1-5H3/p+1/b10-8-,16-14-,22-20-,27-25-,28-26-,32-31-,35-34-,41-39-. The van der Waals surface area contributed by atoms with Gasteiger partial charge in [-0.05, 0) is 96.3 Å². The van der Waals surface area contributed by atoms with E-state index in [0.717, 1.165) is 89.9 Å². The number of quaternary nitrogens is 1. The third-order valence-electron chi connectivity index (χ3n) is 13.3. The smallest absolute Gasteiger partial charge is 0.361 e. The highest BCUT2D eigenvalue weighted by Gasteiger charge is 2.25. The maximum Gasteiger partial charge on any atom is 0.361 e. The topological polar surface area (TPSA) is 108 Å². The molecule has 0 aliphatic heterocycles. The van der Waals surface area contributed by atoms with Crippen LogP contribution in [0.4, 0.5) is 0 Å². The number of esters is 2. The van der Waals surface area contributed by atoms with Gasteiger partial charge < -0.3 is 28.5 Å². The maximum absolute atomic E-state index is 12.9. The van der Waals surface area contributed by atoms with E-state index in [1.165, 1.54) is 135 Å². The molecule has 9 nitrogen and oxygen atoms in total. The van der Waals surface area contributed by atoms with E-state index in [4.69, 9.17) is 18.9 Å². The van der Waals surface area contributed by atoms with Gasteiger partial charge in [0.25, 0.3) is 6.29 Å². The fourth-order valence-electron chi connectivity index (χ4n) is 8.52. The molecule has 0 rings (SSSR count). The lowest BCUT2D eigenvalue weighted by Gasteiger charge is -2.25. The lowest BCUT2D eigenvalue weighted by Crippen LogP contribution is -2.40. The number of aliphatic carboxylic acids is 1. The van der Waals surface area contributed by atoms with Crippen LogP contribution in [0.5, 0.6) is 0 Å².